The number of hydrogen-bond acceptors (Lipinski definition) is 4. The molecule has 1 aliphatic rings. The molecule has 0 spiro atoms. The molecule has 1 aliphatic heterocycles. The van der Waals surface area contributed by atoms with Crippen LogP contribution < -0.4 is 5.14 Å². The van der Waals surface area contributed by atoms with Crippen LogP contribution in [0.2, 0.25) is 0 Å². The normalized spacial score (nSPS) is 22.1. The summed E-state index contributed by atoms with van der Waals surface area (Å²) in [6.45, 7) is 1.77. The number of nitrogens with two attached hydrogens (primary N) is 1. The molecule has 2 heterocycles. The van der Waals surface area contributed by atoms with E-state index < -0.39 is 10.0 Å². The minimum Gasteiger partial charge on any atom is -0.294 e. The summed E-state index contributed by atoms with van der Waals surface area (Å²) in [6, 6.07) is 4.16. The van der Waals surface area contributed by atoms with Gasteiger partial charge in [-0.25, -0.2) is 13.6 Å². The summed E-state index contributed by atoms with van der Waals surface area (Å²) < 4.78 is 23.4. The third-order valence-corrected chi connectivity index (χ3v) is 5.37. The van der Waals surface area contributed by atoms with Crippen LogP contribution in [-0.4, -0.2) is 31.7 Å². The molecule has 4 nitrogen and oxygen atoms in total. The van der Waals surface area contributed by atoms with Crippen LogP contribution in [0.4, 0.5) is 0 Å². The first-order chi connectivity index (χ1) is 7.94. The van der Waals surface area contributed by atoms with E-state index in [0.717, 1.165) is 29.7 Å². The van der Waals surface area contributed by atoms with E-state index in [2.05, 4.69) is 26.9 Å². The molecule has 1 aromatic rings. The van der Waals surface area contributed by atoms with Gasteiger partial charge in [-0.1, -0.05) is 0 Å². The Labute approximate surface area is 114 Å². The number of rotatable bonds is 4. The van der Waals surface area contributed by atoms with Gasteiger partial charge in [0.15, 0.2) is 0 Å². The molecular weight excluding hydrogens is 324 g/mol. The lowest BCUT2D eigenvalue weighted by molar-refractivity contribution is 0.264. The summed E-state index contributed by atoms with van der Waals surface area (Å²) in [7, 11) is -3.38. The Balaban J connectivity index is 2.00. The molecular formula is C10H15BrN2O2S2. The van der Waals surface area contributed by atoms with Crippen LogP contribution in [0.5, 0.6) is 0 Å². The van der Waals surface area contributed by atoms with Gasteiger partial charge < -0.3 is 0 Å². The minimum atomic E-state index is -3.38. The predicted octanol–water partition coefficient (Wildman–Crippen LogP) is 1.76. The highest BCUT2D eigenvalue weighted by Gasteiger charge is 2.27. The van der Waals surface area contributed by atoms with Crippen molar-refractivity contribution in [3.63, 3.8) is 0 Å². The smallest absolute Gasteiger partial charge is 0.210 e. The first-order valence-electron chi connectivity index (χ1n) is 5.43. The summed E-state index contributed by atoms with van der Waals surface area (Å²) in [6.07, 6.45) is 1.97. The van der Waals surface area contributed by atoms with Gasteiger partial charge in [-0.2, -0.15) is 0 Å². The average molecular weight is 339 g/mol. The highest BCUT2D eigenvalue weighted by molar-refractivity contribution is 9.11. The van der Waals surface area contributed by atoms with Crippen LogP contribution in [0.1, 0.15) is 17.7 Å². The molecule has 0 amide bonds. The average Bonchev–Trinajstić information content (AvgIpc) is 2.75. The highest BCUT2D eigenvalue weighted by atomic mass is 79.9. The number of nitrogens with zero attached hydrogens (tertiary/aromatic N) is 1. The summed E-state index contributed by atoms with van der Waals surface area (Å²) in [4.78, 5) is 3.46. The maximum atomic E-state index is 11.1. The third kappa shape index (κ3) is 4.03. The topological polar surface area (TPSA) is 63.4 Å². The van der Waals surface area contributed by atoms with E-state index in [9.17, 15) is 8.42 Å². The van der Waals surface area contributed by atoms with Crippen LogP contribution in [0.25, 0.3) is 0 Å². The van der Waals surface area contributed by atoms with Gasteiger partial charge in [0.1, 0.15) is 0 Å². The molecule has 0 unspecified atom stereocenters. The van der Waals surface area contributed by atoms with E-state index >= 15 is 0 Å². The van der Waals surface area contributed by atoms with Crippen molar-refractivity contribution in [2.45, 2.75) is 25.4 Å². The predicted molar refractivity (Wildman–Crippen MR) is 73.4 cm³/mol. The zero-order valence-electron chi connectivity index (χ0n) is 9.30. The van der Waals surface area contributed by atoms with Gasteiger partial charge in [0.05, 0.1) is 9.54 Å². The van der Waals surface area contributed by atoms with E-state index in [1.807, 2.05) is 6.07 Å². The maximum absolute atomic E-state index is 11.1. The molecule has 17 heavy (non-hydrogen) atoms. The van der Waals surface area contributed by atoms with E-state index in [-0.39, 0.29) is 11.8 Å². The lowest BCUT2D eigenvalue weighted by atomic mass is 10.2. The van der Waals surface area contributed by atoms with Crippen molar-refractivity contribution >= 4 is 37.3 Å². The van der Waals surface area contributed by atoms with Crippen molar-refractivity contribution in [3.05, 3.63) is 20.8 Å². The van der Waals surface area contributed by atoms with E-state index in [0.29, 0.717) is 0 Å². The Kier molecular flexibility index (Phi) is 4.25. The van der Waals surface area contributed by atoms with Crippen molar-refractivity contribution in [3.8, 4) is 0 Å². The molecule has 2 rings (SSSR count). The van der Waals surface area contributed by atoms with Crippen LogP contribution >= 0.6 is 27.3 Å². The van der Waals surface area contributed by atoms with Gasteiger partial charge in [0.25, 0.3) is 0 Å². The van der Waals surface area contributed by atoms with E-state index in [1.54, 1.807) is 11.3 Å². The van der Waals surface area contributed by atoms with Gasteiger partial charge in [-0.3, -0.25) is 4.90 Å². The van der Waals surface area contributed by atoms with Crippen molar-refractivity contribution in [1.82, 2.24) is 4.90 Å². The molecule has 0 bridgehead atoms. The fourth-order valence-corrected chi connectivity index (χ4v) is 4.62. The minimum absolute atomic E-state index is 0.0690. The number of likely N-dealkylation sites (tertiary alicyclic amines) is 1. The van der Waals surface area contributed by atoms with E-state index in [4.69, 9.17) is 5.14 Å². The Morgan fingerprint density at radius 1 is 1.53 bits per heavy atom. The molecule has 2 N–H and O–H groups in total. The second-order valence-corrected chi connectivity index (χ2v) is 8.51. The lowest BCUT2D eigenvalue weighted by Crippen LogP contribution is -2.36. The van der Waals surface area contributed by atoms with E-state index in [1.165, 1.54) is 4.88 Å². The summed E-state index contributed by atoms with van der Waals surface area (Å²) >= 11 is 5.12. The van der Waals surface area contributed by atoms with Gasteiger partial charge in [-0.05, 0) is 47.4 Å². The van der Waals surface area contributed by atoms with Gasteiger partial charge in [0.2, 0.25) is 10.0 Å². The molecule has 1 aromatic heterocycles. The SMILES string of the molecule is NS(=O)(=O)C[C@@H]1CCCN1Cc1ccc(Br)s1. The number of primary sulfonamides is 1. The molecule has 1 atom stereocenters. The Morgan fingerprint density at radius 3 is 2.88 bits per heavy atom. The lowest BCUT2D eigenvalue weighted by Gasteiger charge is -2.22. The van der Waals surface area contributed by atoms with Gasteiger partial charge in [-0.15, -0.1) is 11.3 Å². The number of hydrogen-bond donors (Lipinski definition) is 1. The first-order valence-corrected chi connectivity index (χ1v) is 8.75. The molecule has 0 radical (unpaired) electrons. The number of thiophene rings is 1. The van der Waals surface area contributed by atoms with Crippen molar-refractivity contribution in [2.75, 3.05) is 12.3 Å². The van der Waals surface area contributed by atoms with Crippen molar-refractivity contribution in [2.24, 2.45) is 5.14 Å². The molecule has 7 heteroatoms. The summed E-state index contributed by atoms with van der Waals surface area (Å²) in [5.41, 5.74) is 0. The van der Waals surface area contributed by atoms with Crippen LogP contribution in [0.3, 0.4) is 0 Å². The van der Waals surface area contributed by atoms with Crippen molar-refractivity contribution < 1.29 is 8.42 Å². The number of halogens is 1. The molecule has 1 saturated heterocycles. The summed E-state index contributed by atoms with van der Waals surface area (Å²) in [5, 5.41) is 5.12. The quantitative estimate of drug-likeness (QED) is 0.909. The van der Waals surface area contributed by atoms with Crippen molar-refractivity contribution in [1.29, 1.82) is 0 Å². The summed E-state index contributed by atoms with van der Waals surface area (Å²) in [5.74, 6) is 0.0690. The van der Waals surface area contributed by atoms with Crippen LogP contribution in [0.15, 0.2) is 15.9 Å². The fraction of sp³-hybridized carbons (Fsp3) is 0.600. The monoisotopic (exact) mass is 338 g/mol. The Bertz CT molecular complexity index is 486. The maximum Gasteiger partial charge on any atom is 0.210 e. The molecule has 0 aromatic carbocycles. The van der Waals surface area contributed by atoms with Crippen LogP contribution in [0, 0.1) is 0 Å². The largest absolute Gasteiger partial charge is 0.294 e. The molecule has 1 fully saturated rings. The van der Waals surface area contributed by atoms with Crippen LogP contribution in [-0.2, 0) is 16.6 Å². The molecule has 96 valence electrons. The second kappa shape index (κ2) is 5.36. The third-order valence-electron chi connectivity index (χ3n) is 2.91. The fourth-order valence-electron chi connectivity index (χ4n) is 2.20. The standard InChI is InChI=1S/C10H15BrN2O2S2/c11-10-4-3-9(16-10)6-13-5-1-2-8(13)7-17(12,14)15/h3-4,8H,1-2,5-7H2,(H2,12,14,15)/t8-/m0/s1. The van der Waals surface area contributed by atoms with Gasteiger partial charge >= 0.3 is 0 Å². The highest BCUT2D eigenvalue weighted by Crippen LogP contribution is 2.26. The molecule has 0 saturated carbocycles. The first kappa shape index (κ1) is 13.5. The second-order valence-electron chi connectivity index (χ2n) is 4.30. The Morgan fingerprint density at radius 2 is 2.29 bits per heavy atom. The molecule has 0 aliphatic carbocycles. The number of sulfonamides is 1. The van der Waals surface area contributed by atoms with Gasteiger partial charge in [0, 0.05) is 17.5 Å². The zero-order chi connectivity index (χ0) is 12.5. The Hall–Kier alpha value is 0.0500. The zero-order valence-corrected chi connectivity index (χ0v) is 12.5.